The first-order chi connectivity index (χ1) is 7.65. The molecule has 2 aliphatic rings. The summed E-state index contributed by atoms with van der Waals surface area (Å²) in [7, 11) is 0. The third-order valence-corrected chi connectivity index (χ3v) is 3.24. The van der Waals surface area contributed by atoms with Crippen molar-refractivity contribution in [2.24, 2.45) is 0 Å². The summed E-state index contributed by atoms with van der Waals surface area (Å²) in [6.07, 6.45) is 7.26. The van der Waals surface area contributed by atoms with Gasteiger partial charge in [0.2, 0.25) is 0 Å². The molecule has 0 amide bonds. The van der Waals surface area contributed by atoms with Crippen LogP contribution in [0.25, 0.3) is 0 Å². The van der Waals surface area contributed by atoms with Crippen molar-refractivity contribution in [2.45, 2.75) is 19.8 Å². The van der Waals surface area contributed by atoms with Gasteiger partial charge in [-0.25, -0.2) is 0 Å². The second-order valence-corrected chi connectivity index (χ2v) is 4.45. The Bertz CT molecular complexity index is 527. The van der Waals surface area contributed by atoms with Gasteiger partial charge in [-0.15, -0.1) is 0 Å². The Balaban J connectivity index is 2.53. The molecule has 3 heteroatoms. The molecule has 81 valence electrons. The van der Waals surface area contributed by atoms with Crippen LogP contribution in [0.4, 0.5) is 0 Å². The number of carbonyl (C=O) groups excluding carboxylic acids is 1. The maximum atomic E-state index is 11.6. The first kappa shape index (κ1) is 11.1. The summed E-state index contributed by atoms with van der Waals surface area (Å²) in [6, 6.07) is 2.16. The van der Waals surface area contributed by atoms with Gasteiger partial charge in [0.05, 0.1) is 0 Å². The Morgan fingerprint density at radius 1 is 1.56 bits per heavy atom. The molecule has 16 heavy (non-hydrogen) atoms. The molecule has 0 unspecified atom stereocenters. The normalized spacial score (nSPS) is 19.2. The zero-order chi connectivity index (χ0) is 11.7. The molecule has 0 aromatic carbocycles. The second-order valence-electron chi connectivity index (χ2n) is 3.79. The number of Topliss-reactive ketones (excluding diaryl/α,β-unsaturated/α-hetero) is 1. The fourth-order valence-corrected chi connectivity index (χ4v) is 2.41. The van der Waals surface area contributed by atoms with E-state index in [-0.39, 0.29) is 5.78 Å². The van der Waals surface area contributed by atoms with Crippen LogP contribution in [-0.2, 0) is 20.8 Å². The number of nitrogens with zero attached hydrogens (tertiary/aromatic N) is 1. The Hall–Kier alpha value is -1.36. The summed E-state index contributed by atoms with van der Waals surface area (Å²) >= 11 is 3.86. The summed E-state index contributed by atoms with van der Waals surface area (Å²) in [5, 5.41) is 9.13. The van der Waals surface area contributed by atoms with Crippen LogP contribution in [0.3, 0.4) is 0 Å². The summed E-state index contributed by atoms with van der Waals surface area (Å²) in [5.41, 5.74) is 3.20. The van der Waals surface area contributed by atoms with E-state index in [1.54, 1.807) is 6.92 Å². The van der Waals surface area contributed by atoms with Gasteiger partial charge in [0.1, 0.15) is 0 Å². The molecule has 0 saturated heterocycles. The van der Waals surface area contributed by atoms with Gasteiger partial charge < -0.3 is 0 Å². The van der Waals surface area contributed by atoms with Crippen molar-refractivity contribution >= 4 is 5.78 Å². The minimum atomic E-state index is 0.0363. The first-order valence-electron chi connectivity index (χ1n) is 5.03. The molecular formula is C13H10FeNO. The minimum absolute atomic E-state index is 0.0363. The number of carbonyl (C=O) groups is 1. The molecule has 0 N–H and O–H groups in total. The van der Waals surface area contributed by atoms with E-state index in [1.165, 1.54) is 0 Å². The van der Waals surface area contributed by atoms with Crippen molar-refractivity contribution in [2.75, 3.05) is 0 Å². The van der Waals surface area contributed by atoms with E-state index in [1.807, 2.05) is 18.2 Å². The van der Waals surface area contributed by atoms with Crippen LogP contribution in [0.5, 0.6) is 0 Å². The number of rotatable bonds is 2. The molecule has 2 nitrogen and oxygen atoms in total. The zero-order valence-electron chi connectivity index (χ0n) is 8.86. The fourth-order valence-electron chi connectivity index (χ4n) is 2.01. The van der Waals surface area contributed by atoms with E-state index >= 15 is 0 Å². The van der Waals surface area contributed by atoms with Crippen molar-refractivity contribution in [1.29, 1.82) is 5.26 Å². The van der Waals surface area contributed by atoms with Crippen LogP contribution >= 0.6 is 0 Å². The van der Waals surface area contributed by atoms with Crippen LogP contribution in [0.2, 0.25) is 0 Å². The van der Waals surface area contributed by atoms with Crippen LogP contribution < -0.4 is 0 Å². The van der Waals surface area contributed by atoms with Gasteiger partial charge in [-0.1, -0.05) is 0 Å². The van der Waals surface area contributed by atoms with Crippen LogP contribution in [-0.4, -0.2) is 5.78 Å². The van der Waals surface area contributed by atoms with E-state index in [4.69, 9.17) is 5.26 Å². The molecule has 0 aromatic rings. The number of ketones is 1. The van der Waals surface area contributed by atoms with E-state index in [0.29, 0.717) is 12.0 Å². The van der Waals surface area contributed by atoms with Gasteiger partial charge in [-0.05, 0) is 0 Å². The maximum absolute atomic E-state index is 11.6. The molecule has 2 rings (SSSR count). The van der Waals surface area contributed by atoms with Gasteiger partial charge in [-0.2, -0.15) is 0 Å². The van der Waals surface area contributed by atoms with Gasteiger partial charge in [0.25, 0.3) is 0 Å². The van der Waals surface area contributed by atoms with E-state index in [2.05, 4.69) is 22.1 Å². The quantitative estimate of drug-likeness (QED) is 0.708. The van der Waals surface area contributed by atoms with Gasteiger partial charge in [0, 0.05) is 0 Å². The molecule has 0 atom stereocenters. The Morgan fingerprint density at radius 3 is 2.81 bits per heavy atom. The molecule has 0 fully saturated rings. The molecule has 0 radical (unpaired) electrons. The molecular weight excluding hydrogens is 242 g/mol. The van der Waals surface area contributed by atoms with Gasteiger partial charge >= 0.3 is 103 Å². The fraction of sp³-hybridized carbons (Fsp3) is 0.231. The van der Waals surface area contributed by atoms with Gasteiger partial charge in [0.15, 0.2) is 0 Å². The zero-order valence-corrected chi connectivity index (χ0v) is 9.96. The summed E-state index contributed by atoms with van der Waals surface area (Å²) in [5.74, 6) is 0.0363. The molecule has 0 bridgehead atoms. The van der Waals surface area contributed by atoms with Crippen molar-refractivity contribution < 1.29 is 20.8 Å². The van der Waals surface area contributed by atoms with Crippen LogP contribution in [0.15, 0.2) is 45.0 Å². The molecule has 0 heterocycles. The predicted octanol–water partition coefficient (Wildman–Crippen LogP) is 2.49. The number of hydrogen-bond donors (Lipinski definition) is 0. The number of nitriles is 1. The summed E-state index contributed by atoms with van der Waals surface area (Å²) in [6.45, 7) is 1.55. The molecule has 0 aromatic heterocycles. The summed E-state index contributed by atoms with van der Waals surface area (Å²) < 4.78 is 0.760. The van der Waals surface area contributed by atoms with Crippen LogP contribution in [0.1, 0.15) is 19.8 Å². The average Bonchev–Trinajstić information content (AvgIpc) is 2.83. The topological polar surface area (TPSA) is 40.9 Å². The number of allylic oxidation sites excluding steroid dienone is 8. The number of hydrogen-bond acceptors (Lipinski definition) is 2. The van der Waals surface area contributed by atoms with E-state index in [0.717, 1.165) is 27.6 Å². The first-order valence-corrected chi connectivity index (χ1v) is 5.58. The SMILES string of the molecule is CC(=O)C1=C(C2=CC=CC2)C(C#N)=[C]([Fe])C1. The average molecular weight is 252 g/mol. The third-order valence-electron chi connectivity index (χ3n) is 2.77. The predicted molar refractivity (Wildman–Crippen MR) is 56.8 cm³/mol. The monoisotopic (exact) mass is 252 g/mol. The third kappa shape index (κ3) is 1.71. The Morgan fingerprint density at radius 2 is 2.31 bits per heavy atom. The Labute approximate surface area is 103 Å². The van der Waals surface area contributed by atoms with Crippen LogP contribution in [0, 0.1) is 11.3 Å². The van der Waals surface area contributed by atoms with Crippen molar-refractivity contribution in [3.8, 4) is 6.07 Å². The van der Waals surface area contributed by atoms with E-state index in [9.17, 15) is 4.79 Å². The summed E-state index contributed by atoms with van der Waals surface area (Å²) in [4.78, 5) is 11.6. The Kier molecular flexibility index (Phi) is 2.96. The van der Waals surface area contributed by atoms with Gasteiger partial charge in [-0.3, -0.25) is 0 Å². The molecule has 0 spiro atoms. The van der Waals surface area contributed by atoms with E-state index < -0.39 is 0 Å². The standard InChI is InChI=1S/C13H10NO.Fe/c1-9(15)12-7-6-11(8-14)13(12)10-4-2-3-5-10;/h2-4H,5,7H2,1H3;. The van der Waals surface area contributed by atoms with Crippen molar-refractivity contribution in [3.05, 3.63) is 45.0 Å². The molecule has 0 aliphatic heterocycles. The van der Waals surface area contributed by atoms with Crippen molar-refractivity contribution in [3.63, 3.8) is 0 Å². The van der Waals surface area contributed by atoms with Crippen molar-refractivity contribution in [1.82, 2.24) is 0 Å². The second kappa shape index (κ2) is 4.25. The molecule has 2 aliphatic carbocycles. The molecule has 0 saturated carbocycles.